The fourth-order valence-corrected chi connectivity index (χ4v) is 2.13. The highest BCUT2D eigenvalue weighted by Gasteiger charge is 2.19. The van der Waals surface area contributed by atoms with Crippen molar-refractivity contribution in [3.63, 3.8) is 0 Å². The maximum atomic E-state index is 5.84. The molecule has 1 aromatic heterocycles. The van der Waals surface area contributed by atoms with Gasteiger partial charge in [-0.1, -0.05) is 0 Å². The van der Waals surface area contributed by atoms with Gasteiger partial charge in [0.05, 0.1) is 0 Å². The number of rotatable bonds is 2. The summed E-state index contributed by atoms with van der Waals surface area (Å²) in [5, 5.41) is 0. The summed E-state index contributed by atoms with van der Waals surface area (Å²) >= 11 is 2.24. The molecule has 0 atom stereocenters. The molecule has 2 rings (SSSR count). The standard InChI is InChI=1S/C11H15IN2O/c12-8-1-6-11(14-7-8)15-10-4-2-9(13)3-5-10/h1,6-7,9-10H,2-5,13H2. The van der Waals surface area contributed by atoms with Gasteiger partial charge in [-0.25, -0.2) is 4.98 Å². The second kappa shape index (κ2) is 5.12. The Morgan fingerprint density at radius 3 is 2.60 bits per heavy atom. The predicted octanol–water partition coefficient (Wildman–Crippen LogP) is 2.33. The van der Waals surface area contributed by atoms with Crippen LogP contribution in [0.4, 0.5) is 0 Å². The molecule has 1 heterocycles. The fourth-order valence-electron chi connectivity index (χ4n) is 1.81. The zero-order valence-electron chi connectivity index (χ0n) is 8.53. The van der Waals surface area contributed by atoms with E-state index in [1.54, 1.807) is 0 Å². The van der Waals surface area contributed by atoms with Crippen LogP contribution in [0.25, 0.3) is 0 Å². The molecule has 1 aliphatic rings. The Hall–Kier alpha value is -0.360. The molecule has 3 nitrogen and oxygen atoms in total. The third kappa shape index (κ3) is 3.31. The Labute approximate surface area is 104 Å². The lowest BCUT2D eigenvalue weighted by Crippen LogP contribution is -2.31. The molecule has 1 aromatic rings. The first-order valence-corrected chi connectivity index (χ1v) is 6.36. The third-order valence-electron chi connectivity index (χ3n) is 2.71. The largest absolute Gasteiger partial charge is 0.474 e. The summed E-state index contributed by atoms with van der Waals surface area (Å²) in [5.74, 6) is 0.732. The molecule has 0 amide bonds. The van der Waals surface area contributed by atoms with Crippen LogP contribution in [0.15, 0.2) is 18.3 Å². The number of pyridine rings is 1. The molecule has 4 heteroatoms. The lowest BCUT2D eigenvalue weighted by molar-refractivity contribution is 0.141. The molecule has 82 valence electrons. The van der Waals surface area contributed by atoms with Gasteiger partial charge in [-0.15, -0.1) is 0 Å². The van der Waals surface area contributed by atoms with Gasteiger partial charge in [0.25, 0.3) is 0 Å². The molecular formula is C11H15IN2O. The molecule has 15 heavy (non-hydrogen) atoms. The molecule has 0 bridgehead atoms. The van der Waals surface area contributed by atoms with Gasteiger partial charge in [0.2, 0.25) is 5.88 Å². The average molecular weight is 318 g/mol. The normalized spacial score (nSPS) is 26.3. The van der Waals surface area contributed by atoms with Gasteiger partial charge in [0.1, 0.15) is 6.10 Å². The van der Waals surface area contributed by atoms with Crippen molar-refractivity contribution >= 4 is 22.6 Å². The van der Waals surface area contributed by atoms with E-state index in [-0.39, 0.29) is 0 Å². The SMILES string of the molecule is NC1CCC(Oc2ccc(I)cn2)CC1. The molecule has 1 saturated carbocycles. The zero-order valence-corrected chi connectivity index (χ0v) is 10.7. The summed E-state index contributed by atoms with van der Waals surface area (Å²) in [6, 6.07) is 4.31. The van der Waals surface area contributed by atoms with E-state index < -0.39 is 0 Å². The predicted molar refractivity (Wildman–Crippen MR) is 67.8 cm³/mol. The summed E-state index contributed by atoms with van der Waals surface area (Å²) < 4.78 is 6.92. The van der Waals surface area contributed by atoms with Gasteiger partial charge < -0.3 is 10.5 Å². The second-order valence-corrected chi connectivity index (χ2v) is 5.21. The number of aromatic nitrogens is 1. The second-order valence-electron chi connectivity index (χ2n) is 3.97. The summed E-state index contributed by atoms with van der Waals surface area (Å²) in [6.07, 6.45) is 6.36. The highest BCUT2D eigenvalue weighted by atomic mass is 127. The molecule has 1 fully saturated rings. The quantitative estimate of drug-likeness (QED) is 0.852. The number of hydrogen-bond donors (Lipinski definition) is 1. The summed E-state index contributed by atoms with van der Waals surface area (Å²) in [7, 11) is 0. The Kier molecular flexibility index (Phi) is 3.80. The van der Waals surface area contributed by atoms with Crippen molar-refractivity contribution in [1.82, 2.24) is 4.98 Å². The lowest BCUT2D eigenvalue weighted by Gasteiger charge is -2.26. The summed E-state index contributed by atoms with van der Waals surface area (Å²) in [4.78, 5) is 4.23. The number of hydrogen-bond acceptors (Lipinski definition) is 3. The van der Waals surface area contributed by atoms with Crippen LogP contribution in [-0.2, 0) is 0 Å². The van der Waals surface area contributed by atoms with Crippen LogP contribution in [0.3, 0.4) is 0 Å². The smallest absolute Gasteiger partial charge is 0.213 e. The first-order valence-electron chi connectivity index (χ1n) is 5.28. The molecule has 0 aromatic carbocycles. The highest BCUT2D eigenvalue weighted by Crippen LogP contribution is 2.21. The van der Waals surface area contributed by atoms with Crippen molar-refractivity contribution in [3.05, 3.63) is 21.9 Å². The fraction of sp³-hybridized carbons (Fsp3) is 0.545. The third-order valence-corrected chi connectivity index (χ3v) is 3.34. The van der Waals surface area contributed by atoms with Crippen molar-refractivity contribution in [2.45, 2.75) is 37.8 Å². The Morgan fingerprint density at radius 2 is 2.00 bits per heavy atom. The van der Waals surface area contributed by atoms with Crippen LogP contribution in [0, 0.1) is 3.57 Å². The van der Waals surface area contributed by atoms with Crippen molar-refractivity contribution in [2.24, 2.45) is 5.73 Å². The van der Waals surface area contributed by atoms with Crippen molar-refractivity contribution < 1.29 is 4.74 Å². The minimum atomic E-state index is 0.303. The molecule has 0 saturated heterocycles. The molecule has 0 aliphatic heterocycles. The maximum absolute atomic E-state index is 5.84. The van der Waals surface area contributed by atoms with E-state index in [0.717, 1.165) is 35.1 Å². The van der Waals surface area contributed by atoms with E-state index >= 15 is 0 Å². The van der Waals surface area contributed by atoms with Gasteiger partial charge in [-0.3, -0.25) is 0 Å². The Morgan fingerprint density at radius 1 is 1.27 bits per heavy atom. The van der Waals surface area contributed by atoms with E-state index in [0.29, 0.717) is 12.1 Å². The van der Waals surface area contributed by atoms with Crippen LogP contribution < -0.4 is 10.5 Å². The van der Waals surface area contributed by atoms with E-state index in [9.17, 15) is 0 Å². The molecule has 1 aliphatic carbocycles. The number of halogens is 1. The van der Waals surface area contributed by atoms with E-state index in [4.69, 9.17) is 10.5 Å². The summed E-state index contributed by atoms with van der Waals surface area (Å²) in [5.41, 5.74) is 5.84. The van der Waals surface area contributed by atoms with Crippen molar-refractivity contribution in [2.75, 3.05) is 0 Å². The van der Waals surface area contributed by atoms with Crippen LogP contribution in [-0.4, -0.2) is 17.1 Å². The van der Waals surface area contributed by atoms with E-state index in [1.165, 1.54) is 0 Å². The number of nitrogens with two attached hydrogens (primary N) is 1. The lowest BCUT2D eigenvalue weighted by atomic mass is 9.94. The van der Waals surface area contributed by atoms with Crippen LogP contribution in [0.1, 0.15) is 25.7 Å². The highest BCUT2D eigenvalue weighted by molar-refractivity contribution is 14.1. The minimum absolute atomic E-state index is 0.303. The number of nitrogens with zero attached hydrogens (tertiary/aromatic N) is 1. The minimum Gasteiger partial charge on any atom is -0.474 e. The maximum Gasteiger partial charge on any atom is 0.213 e. The first kappa shape index (κ1) is 11.1. The molecule has 2 N–H and O–H groups in total. The van der Waals surface area contributed by atoms with Gasteiger partial charge in [0, 0.05) is 21.9 Å². The van der Waals surface area contributed by atoms with Gasteiger partial charge >= 0.3 is 0 Å². The van der Waals surface area contributed by atoms with E-state index in [1.807, 2.05) is 18.3 Å². The Balaban J connectivity index is 1.89. The van der Waals surface area contributed by atoms with Gasteiger partial charge in [-0.05, 0) is 54.3 Å². The molecular weight excluding hydrogens is 303 g/mol. The van der Waals surface area contributed by atoms with E-state index in [2.05, 4.69) is 27.6 Å². The van der Waals surface area contributed by atoms with Crippen LogP contribution in [0.2, 0.25) is 0 Å². The van der Waals surface area contributed by atoms with Crippen molar-refractivity contribution in [1.29, 1.82) is 0 Å². The zero-order chi connectivity index (χ0) is 10.7. The van der Waals surface area contributed by atoms with Crippen LogP contribution >= 0.6 is 22.6 Å². The summed E-state index contributed by atoms with van der Waals surface area (Å²) in [6.45, 7) is 0. The average Bonchev–Trinajstić information content (AvgIpc) is 2.25. The monoisotopic (exact) mass is 318 g/mol. The Bertz CT molecular complexity index is 307. The first-order chi connectivity index (χ1) is 7.24. The van der Waals surface area contributed by atoms with Crippen LogP contribution in [0.5, 0.6) is 5.88 Å². The topological polar surface area (TPSA) is 48.1 Å². The molecule has 0 spiro atoms. The molecule has 0 radical (unpaired) electrons. The van der Waals surface area contributed by atoms with Crippen molar-refractivity contribution in [3.8, 4) is 5.88 Å². The van der Waals surface area contributed by atoms with Gasteiger partial charge in [-0.2, -0.15) is 0 Å². The number of ether oxygens (including phenoxy) is 1. The molecule has 0 unspecified atom stereocenters. The van der Waals surface area contributed by atoms with Gasteiger partial charge in [0.15, 0.2) is 0 Å².